The Morgan fingerprint density at radius 1 is 1.06 bits per heavy atom. The van der Waals surface area contributed by atoms with Crippen molar-refractivity contribution in [1.29, 1.82) is 0 Å². The molecule has 1 aromatic rings. The van der Waals surface area contributed by atoms with E-state index in [0.717, 1.165) is 13.1 Å². The summed E-state index contributed by atoms with van der Waals surface area (Å²) in [5.41, 5.74) is -0.465. The number of hydrogen-bond acceptors (Lipinski definition) is 5. The van der Waals surface area contributed by atoms with E-state index in [1.54, 1.807) is 12.1 Å². The van der Waals surface area contributed by atoms with E-state index in [2.05, 4.69) is 4.90 Å². The van der Waals surface area contributed by atoms with E-state index < -0.39 is 15.6 Å². The van der Waals surface area contributed by atoms with Gasteiger partial charge in [0, 0.05) is 65.2 Å². The van der Waals surface area contributed by atoms with Crippen LogP contribution >= 0.6 is 0 Å². The van der Waals surface area contributed by atoms with Gasteiger partial charge in [-0.05, 0) is 44.2 Å². The number of halogens is 1. The zero-order chi connectivity index (χ0) is 22.6. The van der Waals surface area contributed by atoms with Gasteiger partial charge in [-0.25, -0.2) is 4.39 Å². The van der Waals surface area contributed by atoms with E-state index in [0.29, 0.717) is 51.2 Å². The van der Waals surface area contributed by atoms with Gasteiger partial charge in [-0.15, -0.1) is 0 Å². The molecule has 0 radical (unpaired) electrons. The van der Waals surface area contributed by atoms with Crippen molar-refractivity contribution in [2.24, 2.45) is 5.41 Å². The van der Waals surface area contributed by atoms with Crippen molar-refractivity contribution in [2.75, 3.05) is 67.0 Å². The molecular formula is C21H33FN4O4S. The van der Waals surface area contributed by atoms with Crippen LogP contribution in [0, 0.1) is 11.2 Å². The van der Waals surface area contributed by atoms with E-state index in [1.165, 1.54) is 34.8 Å². The Kier molecular flexibility index (Phi) is 7.56. The van der Waals surface area contributed by atoms with Crippen molar-refractivity contribution in [3.05, 3.63) is 30.1 Å². The number of benzene rings is 1. The minimum absolute atomic E-state index is 0.0831. The third-order valence-electron chi connectivity index (χ3n) is 6.31. The number of rotatable bonds is 7. The fraction of sp³-hybridized carbons (Fsp3) is 0.667. The number of piperazine rings is 1. The predicted molar refractivity (Wildman–Crippen MR) is 116 cm³/mol. The van der Waals surface area contributed by atoms with Crippen molar-refractivity contribution in [1.82, 2.24) is 18.4 Å². The number of amides is 1. The van der Waals surface area contributed by atoms with Crippen LogP contribution in [0.3, 0.4) is 0 Å². The first kappa shape index (κ1) is 23.9. The Labute approximate surface area is 184 Å². The first-order valence-corrected chi connectivity index (χ1v) is 12.0. The fourth-order valence-electron chi connectivity index (χ4n) is 4.05. The van der Waals surface area contributed by atoms with Gasteiger partial charge in [0.1, 0.15) is 11.6 Å². The second-order valence-corrected chi connectivity index (χ2v) is 10.9. The molecule has 0 saturated carbocycles. The second-order valence-electron chi connectivity index (χ2n) is 8.79. The Hall–Kier alpha value is -1.75. The minimum Gasteiger partial charge on any atom is -0.493 e. The van der Waals surface area contributed by atoms with Gasteiger partial charge in [0.2, 0.25) is 5.91 Å². The third kappa shape index (κ3) is 5.94. The largest absolute Gasteiger partial charge is 0.493 e. The lowest BCUT2D eigenvalue weighted by atomic mass is 9.76. The van der Waals surface area contributed by atoms with Gasteiger partial charge >= 0.3 is 0 Å². The maximum atomic E-state index is 13.2. The Bertz CT molecular complexity index is 847. The highest BCUT2D eigenvalue weighted by Gasteiger charge is 2.42. The van der Waals surface area contributed by atoms with Gasteiger partial charge in [-0.3, -0.25) is 4.79 Å². The second kappa shape index (κ2) is 9.81. The summed E-state index contributed by atoms with van der Waals surface area (Å²) < 4.78 is 46.9. The highest BCUT2D eigenvalue weighted by Crippen LogP contribution is 2.37. The maximum absolute atomic E-state index is 13.2. The standard InChI is InChI=1S/C21H33FN4O4S/c1-23(2)31(28,29)26-10-8-21(9-11-26,17-30-19-6-4-18(22)5-7-19)16-20(27)25-14-12-24(3)13-15-25/h4-7H,8-17H2,1-3H3. The number of piperidine rings is 1. The van der Waals surface area contributed by atoms with E-state index >= 15 is 0 Å². The first-order chi connectivity index (χ1) is 14.6. The normalized spacial score (nSPS) is 20.7. The highest BCUT2D eigenvalue weighted by atomic mass is 32.2. The zero-order valence-corrected chi connectivity index (χ0v) is 19.4. The zero-order valence-electron chi connectivity index (χ0n) is 18.6. The maximum Gasteiger partial charge on any atom is 0.281 e. The van der Waals surface area contributed by atoms with Crippen LogP contribution in [0.2, 0.25) is 0 Å². The van der Waals surface area contributed by atoms with E-state index in [-0.39, 0.29) is 18.3 Å². The molecule has 0 bridgehead atoms. The summed E-state index contributed by atoms with van der Waals surface area (Å²) in [6, 6.07) is 5.81. The van der Waals surface area contributed by atoms with Gasteiger partial charge in [-0.1, -0.05) is 0 Å². The lowest BCUT2D eigenvalue weighted by Gasteiger charge is -2.42. The number of hydrogen-bond donors (Lipinski definition) is 0. The SMILES string of the molecule is CN1CCN(C(=O)CC2(COc3ccc(F)cc3)CCN(S(=O)(=O)N(C)C)CC2)CC1. The van der Waals surface area contributed by atoms with Crippen LogP contribution < -0.4 is 4.74 Å². The number of carbonyl (C=O) groups is 1. The molecule has 0 N–H and O–H groups in total. The molecule has 0 aliphatic carbocycles. The van der Waals surface area contributed by atoms with Gasteiger partial charge in [0.05, 0.1) is 6.61 Å². The van der Waals surface area contributed by atoms with E-state index in [9.17, 15) is 17.6 Å². The molecule has 2 fully saturated rings. The molecule has 1 aromatic carbocycles. The number of ether oxygens (including phenoxy) is 1. The summed E-state index contributed by atoms with van der Waals surface area (Å²) in [6.45, 7) is 4.05. The molecule has 8 nitrogen and oxygen atoms in total. The summed E-state index contributed by atoms with van der Waals surface area (Å²) in [6.07, 6.45) is 1.37. The molecule has 2 heterocycles. The van der Waals surface area contributed by atoms with Crippen LogP contribution in [0.4, 0.5) is 4.39 Å². The minimum atomic E-state index is -3.49. The van der Waals surface area contributed by atoms with Crippen LogP contribution in [0.1, 0.15) is 19.3 Å². The van der Waals surface area contributed by atoms with E-state index in [1.807, 2.05) is 11.9 Å². The average molecular weight is 457 g/mol. The van der Waals surface area contributed by atoms with Crippen LogP contribution in [0.15, 0.2) is 24.3 Å². The van der Waals surface area contributed by atoms with Gasteiger partial charge < -0.3 is 14.5 Å². The molecule has 2 aliphatic heterocycles. The molecule has 1 amide bonds. The lowest BCUT2D eigenvalue weighted by Crippen LogP contribution is -2.52. The molecule has 0 aromatic heterocycles. The summed E-state index contributed by atoms with van der Waals surface area (Å²) >= 11 is 0. The number of carbonyl (C=O) groups excluding carboxylic acids is 1. The summed E-state index contributed by atoms with van der Waals surface area (Å²) in [4.78, 5) is 17.2. The Morgan fingerprint density at radius 3 is 2.19 bits per heavy atom. The van der Waals surface area contributed by atoms with Crippen LogP contribution in [0.5, 0.6) is 5.75 Å². The van der Waals surface area contributed by atoms with Gasteiger partial charge in [0.25, 0.3) is 10.2 Å². The van der Waals surface area contributed by atoms with Crippen molar-refractivity contribution >= 4 is 16.1 Å². The monoisotopic (exact) mass is 456 g/mol. The molecule has 2 saturated heterocycles. The fourth-order valence-corrected chi connectivity index (χ4v) is 5.16. The molecule has 174 valence electrons. The topological polar surface area (TPSA) is 73.4 Å². The smallest absolute Gasteiger partial charge is 0.281 e. The number of likely N-dealkylation sites (N-methyl/N-ethyl adjacent to an activating group) is 1. The molecule has 0 unspecified atom stereocenters. The van der Waals surface area contributed by atoms with Crippen molar-refractivity contribution in [3.63, 3.8) is 0 Å². The summed E-state index contributed by atoms with van der Waals surface area (Å²) in [5.74, 6) is 0.283. The number of nitrogens with zero attached hydrogens (tertiary/aromatic N) is 4. The molecule has 10 heteroatoms. The van der Waals surface area contributed by atoms with Crippen LogP contribution in [-0.4, -0.2) is 99.8 Å². The molecular weight excluding hydrogens is 423 g/mol. The predicted octanol–water partition coefficient (Wildman–Crippen LogP) is 1.26. The molecule has 2 aliphatic rings. The first-order valence-electron chi connectivity index (χ1n) is 10.6. The Morgan fingerprint density at radius 2 is 1.65 bits per heavy atom. The summed E-state index contributed by atoms with van der Waals surface area (Å²) in [5, 5.41) is 0. The van der Waals surface area contributed by atoms with E-state index in [4.69, 9.17) is 4.74 Å². The molecule has 0 atom stereocenters. The van der Waals surface area contributed by atoms with Gasteiger partial charge in [0.15, 0.2) is 0 Å². The highest BCUT2D eigenvalue weighted by molar-refractivity contribution is 7.86. The van der Waals surface area contributed by atoms with Crippen LogP contribution in [-0.2, 0) is 15.0 Å². The van der Waals surface area contributed by atoms with Gasteiger partial charge in [-0.2, -0.15) is 17.0 Å². The quantitative estimate of drug-likeness (QED) is 0.618. The van der Waals surface area contributed by atoms with Crippen LogP contribution in [0.25, 0.3) is 0 Å². The van der Waals surface area contributed by atoms with Crippen molar-refractivity contribution in [3.8, 4) is 5.75 Å². The molecule has 31 heavy (non-hydrogen) atoms. The summed E-state index contributed by atoms with van der Waals surface area (Å²) in [7, 11) is 1.59. The molecule has 3 rings (SSSR count). The lowest BCUT2D eigenvalue weighted by molar-refractivity contribution is -0.136. The average Bonchev–Trinajstić information content (AvgIpc) is 2.74. The van der Waals surface area contributed by atoms with Crippen molar-refractivity contribution < 1.29 is 22.3 Å². The van der Waals surface area contributed by atoms with Crippen molar-refractivity contribution in [2.45, 2.75) is 19.3 Å². The third-order valence-corrected chi connectivity index (χ3v) is 8.25. The Balaban J connectivity index is 1.71. The molecule has 0 spiro atoms.